The number of rotatable bonds is 9. The van der Waals surface area contributed by atoms with E-state index in [0.29, 0.717) is 0 Å². The molecule has 0 heterocycles. The number of thiocarbonyl (C=S) groups is 1. The molecule has 3 heteroatoms. The minimum absolute atomic E-state index is 0.174. The highest BCUT2D eigenvalue weighted by Crippen LogP contribution is 2.15. The molecule has 0 radical (unpaired) electrons. The molecule has 112 valence electrons. The monoisotopic (exact) mass is 294 g/mol. The Labute approximate surface area is 128 Å². The van der Waals surface area contributed by atoms with Crippen molar-refractivity contribution in [2.24, 2.45) is 0 Å². The number of para-hydroxylation sites is 1. The summed E-state index contributed by atoms with van der Waals surface area (Å²) in [5.74, 6) is 0.732. The zero-order valence-corrected chi connectivity index (χ0v) is 13.5. The summed E-state index contributed by atoms with van der Waals surface area (Å²) in [6, 6.07) is 9.54. The van der Waals surface area contributed by atoms with Gasteiger partial charge in [0.05, 0.1) is 0 Å². The van der Waals surface area contributed by atoms with Crippen molar-refractivity contribution in [1.29, 1.82) is 0 Å². The van der Waals surface area contributed by atoms with Crippen LogP contribution in [0.5, 0.6) is 5.75 Å². The summed E-state index contributed by atoms with van der Waals surface area (Å²) < 4.78 is 11.2. The molecule has 1 aromatic carbocycles. The highest BCUT2D eigenvalue weighted by molar-refractivity contribution is 7.79. The molecular formula is C17H26O2S. The van der Waals surface area contributed by atoms with E-state index in [2.05, 4.69) is 13.8 Å². The molecule has 1 atom stereocenters. The molecule has 0 N–H and O–H groups in total. The van der Waals surface area contributed by atoms with Crippen LogP contribution >= 0.6 is 12.2 Å². The maximum atomic E-state index is 5.72. The van der Waals surface area contributed by atoms with Crippen LogP contribution in [0.15, 0.2) is 30.3 Å². The summed E-state index contributed by atoms with van der Waals surface area (Å²) in [6.07, 6.45) is 8.60. The predicted octanol–water partition coefficient (Wildman–Crippen LogP) is 5.51. The lowest BCUT2D eigenvalue weighted by atomic mass is 10.1. The summed E-state index contributed by atoms with van der Waals surface area (Å²) in [4.78, 5) is 0. The van der Waals surface area contributed by atoms with E-state index in [1.807, 2.05) is 30.3 Å². The van der Waals surface area contributed by atoms with E-state index < -0.39 is 0 Å². The lowest BCUT2D eigenvalue weighted by Crippen LogP contribution is -2.20. The molecule has 0 saturated heterocycles. The van der Waals surface area contributed by atoms with E-state index in [9.17, 15) is 0 Å². The van der Waals surface area contributed by atoms with Gasteiger partial charge in [-0.3, -0.25) is 0 Å². The van der Waals surface area contributed by atoms with Crippen molar-refractivity contribution in [3.63, 3.8) is 0 Å². The van der Waals surface area contributed by atoms with Crippen LogP contribution in [0.3, 0.4) is 0 Å². The summed E-state index contributed by atoms with van der Waals surface area (Å²) in [6.45, 7) is 4.36. The van der Waals surface area contributed by atoms with E-state index in [0.717, 1.165) is 18.6 Å². The predicted molar refractivity (Wildman–Crippen MR) is 88.2 cm³/mol. The Bertz CT molecular complexity index is 365. The standard InChI is InChI=1S/C17H26O2S/c1-3-5-6-7-9-12-15(4-2)18-17(20)19-16-13-10-8-11-14-16/h8,10-11,13-15H,3-7,9,12H2,1-2H3. The average Bonchev–Trinajstić information content (AvgIpc) is 2.46. The summed E-state index contributed by atoms with van der Waals surface area (Å²) in [5, 5.41) is 0.233. The normalized spacial score (nSPS) is 11.9. The van der Waals surface area contributed by atoms with Crippen LogP contribution < -0.4 is 4.74 Å². The highest BCUT2D eigenvalue weighted by atomic mass is 32.1. The second-order valence-electron chi connectivity index (χ2n) is 5.02. The van der Waals surface area contributed by atoms with E-state index in [1.54, 1.807) is 0 Å². The van der Waals surface area contributed by atoms with Gasteiger partial charge in [0.2, 0.25) is 0 Å². The van der Waals surface area contributed by atoms with Gasteiger partial charge in [-0.25, -0.2) is 0 Å². The van der Waals surface area contributed by atoms with Crippen LogP contribution in [0.1, 0.15) is 58.8 Å². The zero-order chi connectivity index (χ0) is 14.6. The second kappa shape index (κ2) is 10.7. The van der Waals surface area contributed by atoms with Gasteiger partial charge in [0.1, 0.15) is 11.9 Å². The third-order valence-electron chi connectivity index (χ3n) is 3.29. The molecule has 2 nitrogen and oxygen atoms in total. The third-order valence-corrected chi connectivity index (χ3v) is 3.47. The van der Waals surface area contributed by atoms with Gasteiger partial charge in [0.15, 0.2) is 0 Å². The Kier molecular flexibility index (Phi) is 9.05. The number of unbranched alkanes of at least 4 members (excludes halogenated alkanes) is 4. The Morgan fingerprint density at radius 2 is 1.75 bits per heavy atom. The molecule has 0 amide bonds. The molecule has 0 bridgehead atoms. The lowest BCUT2D eigenvalue weighted by molar-refractivity contribution is 0.140. The summed E-state index contributed by atoms with van der Waals surface area (Å²) >= 11 is 5.15. The molecule has 1 rings (SSSR count). The summed E-state index contributed by atoms with van der Waals surface area (Å²) in [5.41, 5.74) is 0. The number of hydrogen-bond acceptors (Lipinski definition) is 3. The van der Waals surface area contributed by atoms with E-state index in [1.165, 1.54) is 32.1 Å². The maximum absolute atomic E-state index is 5.72. The van der Waals surface area contributed by atoms with Gasteiger partial charge in [-0.1, -0.05) is 57.7 Å². The fourth-order valence-electron chi connectivity index (χ4n) is 2.07. The van der Waals surface area contributed by atoms with Crippen LogP contribution in [-0.4, -0.2) is 11.3 Å². The molecule has 0 saturated carbocycles. The molecule has 20 heavy (non-hydrogen) atoms. The van der Waals surface area contributed by atoms with Crippen LogP contribution in [-0.2, 0) is 4.74 Å². The van der Waals surface area contributed by atoms with Gasteiger partial charge in [-0.2, -0.15) is 0 Å². The van der Waals surface area contributed by atoms with Crippen molar-refractivity contribution >= 4 is 17.5 Å². The quantitative estimate of drug-likeness (QED) is 0.442. The first kappa shape index (κ1) is 17.0. The van der Waals surface area contributed by atoms with Crippen LogP contribution in [0, 0.1) is 0 Å². The largest absolute Gasteiger partial charge is 0.453 e. The average molecular weight is 294 g/mol. The minimum atomic E-state index is 0.174. The fraction of sp³-hybridized carbons (Fsp3) is 0.588. The molecular weight excluding hydrogens is 268 g/mol. The van der Waals surface area contributed by atoms with Crippen molar-refractivity contribution in [1.82, 2.24) is 0 Å². The maximum Gasteiger partial charge on any atom is 0.358 e. The van der Waals surface area contributed by atoms with Gasteiger partial charge in [-0.05, 0) is 31.4 Å². The van der Waals surface area contributed by atoms with Crippen molar-refractivity contribution in [3.8, 4) is 5.75 Å². The highest BCUT2D eigenvalue weighted by Gasteiger charge is 2.11. The number of benzene rings is 1. The molecule has 1 aromatic rings. The summed E-state index contributed by atoms with van der Waals surface area (Å²) in [7, 11) is 0. The molecule has 0 aliphatic heterocycles. The van der Waals surface area contributed by atoms with Crippen LogP contribution in [0.25, 0.3) is 0 Å². The van der Waals surface area contributed by atoms with Gasteiger partial charge >= 0.3 is 5.24 Å². The Morgan fingerprint density at radius 3 is 2.40 bits per heavy atom. The Hall–Kier alpha value is -1.09. The van der Waals surface area contributed by atoms with Crippen molar-refractivity contribution < 1.29 is 9.47 Å². The van der Waals surface area contributed by atoms with Crippen molar-refractivity contribution in [3.05, 3.63) is 30.3 Å². The molecule has 0 spiro atoms. The van der Waals surface area contributed by atoms with Gasteiger partial charge < -0.3 is 9.47 Å². The van der Waals surface area contributed by atoms with E-state index in [4.69, 9.17) is 21.7 Å². The van der Waals surface area contributed by atoms with Gasteiger partial charge in [-0.15, -0.1) is 0 Å². The first-order chi connectivity index (χ1) is 9.76. The minimum Gasteiger partial charge on any atom is -0.453 e. The zero-order valence-electron chi connectivity index (χ0n) is 12.6. The molecule has 0 fully saturated rings. The van der Waals surface area contributed by atoms with E-state index in [-0.39, 0.29) is 11.3 Å². The molecule has 0 aliphatic rings. The van der Waals surface area contributed by atoms with Crippen molar-refractivity contribution in [2.45, 2.75) is 64.9 Å². The third kappa shape index (κ3) is 7.49. The first-order valence-electron chi connectivity index (χ1n) is 7.69. The Morgan fingerprint density at radius 1 is 1.05 bits per heavy atom. The molecule has 0 aromatic heterocycles. The Balaban J connectivity index is 2.23. The fourth-order valence-corrected chi connectivity index (χ4v) is 2.30. The van der Waals surface area contributed by atoms with Gasteiger partial charge in [0.25, 0.3) is 0 Å². The van der Waals surface area contributed by atoms with E-state index >= 15 is 0 Å². The number of hydrogen-bond donors (Lipinski definition) is 0. The molecule has 1 unspecified atom stereocenters. The lowest BCUT2D eigenvalue weighted by Gasteiger charge is -2.17. The first-order valence-corrected chi connectivity index (χ1v) is 8.10. The topological polar surface area (TPSA) is 18.5 Å². The number of ether oxygens (including phenoxy) is 2. The van der Waals surface area contributed by atoms with Gasteiger partial charge in [0, 0.05) is 12.2 Å². The second-order valence-corrected chi connectivity index (χ2v) is 5.35. The van der Waals surface area contributed by atoms with Crippen molar-refractivity contribution in [2.75, 3.05) is 0 Å². The smallest absolute Gasteiger partial charge is 0.358 e. The SMILES string of the molecule is CCCCCCCC(CC)OC(=S)Oc1ccccc1. The molecule has 0 aliphatic carbocycles. The van der Waals surface area contributed by atoms with Crippen LogP contribution in [0.2, 0.25) is 0 Å². The van der Waals surface area contributed by atoms with Crippen LogP contribution in [0.4, 0.5) is 0 Å².